The lowest BCUT2D eigenvalue weighted by Crippen LogP contribution is -2.31. The van der Waals surface area contributed by atoms with Gasteiger partial charge in [0.15, 0.2) is 6.61 Å². The summed E-state index contributed by atoms with van der Waals surface area (Å²) in [6.07, 6.45) is 1.39. The number of hydrogen-bond donors (Lipinski definition) is 1. The van der Waals surface area contributed by atoms with Gasteiger partial charge in [-0.1, -0.05) is 35.9 Å². The van der Waals surface area contributed by atoms with Crippen LogP contribution in [0.5, 0.6) is 0 Å². The van der Waals surface area contributed by atoms with Gasteiger partial charge in [-0.05, 0) is 48.2 Å². The Balaban J connectivity index is 1.47. The van der Waals surface area contributed by atoms with E-state index in [1.54, 1.807) is 36.4 Å². The first-order valence-electron chi connectivity index (χ1n) is 8.82. The van der Waals surface area contributed by atoms with E-state index in [-0.39, 0.29) is 13.2 Å². The molecule has 2 aromatic rings. The van der Waals surface area contributed by atoms with Gasteiger partial charge in [0.05, 0.1) is 18.1 Å². The summed E-state index contributed by atoms with van der Waals surface area (Å²) in [5.41, 5.74) is 1.44. The molecule has 1 aliphatic carbocycles. The summed E-state index contributed by atoms with van der Waals surface area (Å²) in [6.45, 7) is -0.0748. The van der Waals surface area contributed by atoms with Gasteiger partial charge >= 0.3 is 11.9 Å². The number of halogens is 1. The van der Waals surface area contributed by atoms with Gasteiger partial charge in [-0.15, -0.1) is 0 Å². The smallest absolute Gasteiger partial charge is 0.337 e. The van der Waals surface area contributed by atoms with E-state index in [1.165, 1.54) is 7.11 Å². The molecule has 2 aromatic carbocycles. The maximum absolute atomic E-state index is 12.4. The predicted molar refractivity (Wildman–Crippen MR) is 103 cm³/mol. The van der Waals surface area contributed by atoms with Gasteiger partial charge < -0.3 is 14.8 Å². The van der Waals surface area contributed by atoms with Gasteiger partial charge in [-0.25, -0.2) is 4.79 Å². The van der Waals surface area contributed by atoms with Crippen LogP contribution in [0, 0.1) is 0 Å². The fraction of sp³-hybridized carbons (Fsp3) is 0.286. The highest BCUT2D eigenvalue weighted by atomic mass is 35.5. The molecule has 0 heterocycles. The van der Waals surface area contributed by atoms with Gasteiger partial charge in [0.2, 0.25) is 0 Å². The fourth-order valence-corrected chi connectivity index (χ4v) is 3.03. The Morgan fingerprint density at radius 2 is 1.68 bits per heavy atom. The molecular weight excluding hydrogens is 382 g/mol. The van der Waals surface area contributed by atoms with E-state index in [9.17, 15) is 14.4 Å². The summed E-state index contributed by atoms with van der Waals surface area (Å²) in [5, 5.41) is 3.29. The zero-order chi connectivity index (χ0) is 20.1. The van der Waals surface area contributed by atoms with Gasteiger partial charge in [-0.3, -0.25) is 9.59 Å². The Morgan fingerprint density at radius 3 is 2.25 bits per heavy atom. The number of nitrogens with one attached hydrogen (secondary N) is 1. The maximum atomic E-state index is 12.4. The SMILES string of the molecule is COC(=O)c1ccc(CNC(=O)COC(=O)C2(c3ccc(Cl)cc3)CC2)cc1. The number of benzene rings is 2. The van der Waals surface area contributed by atoms with Gasteiger partial charge in [0.1, 0.15) is 0 Å². The lowest BCUT2D eigenvalue weighted by Gasteiger charge is -2.15. The number of carbonyl (C=O) groups is 3. The summed E-state index contributed by atoms with van der Waals surface area (Å²) in [5.74, 6) is -1.21. The number of rotatable bonds is 7. The monoisotopic (exact) mass is 401 g/mol. The van der Waals surface area contributed by atoms with E-state index in [1.807, 2.05) is 12.1 Å². The molecule has 6 nitrogen and oxygen atoms in total. The average Bonchev–Trinajstić information content (AvgIpc) is 3.53. The van der Waals surface area contributed by atoms with Crippen molar-refractivity contribution in [1.29, 1.82) is 0 Å². The van der Waals surface area contributed by atoms with Crippen molar-refractivity contribution in [2.75, 3.05) is 13.7 Å². The molecule has 146 valence electrons. The molecule has 0 atom stereocenters. The highest BCUT2D eigenvalue weighted by Crippen LogP contribution is 2.49. The Kier molecular flexibility index (Phi) is 5.99. The Bertz CT molecular complexity index is 873. The number of ether oxygens (including phenoxy) is 2. The number of carbonyl (C=O) groups excluding carboxylic acids is 3. The van der Waals surface area contributed by atoms with Crippen LogP contribution in [0.15, 0.2) is 48.5 Å². The first-order chi connectivity index (χ1) is 13.4. The lowest BCUT2D eigenvalue weighted by atomic mass is 9.96. The molecule has 28 heavy (non-hydrogen) atoms. The molecule has 1 fully saturated rings. The zero-order valence-electron chi connectivity index (χ0n) is 15.4. The van der Waals surface area contributed by atoms with Crippen LogP contribution in [0.25, 0.3) is 0 Å². The summed E-state index contributed by atoms with van der Waals surface area (Å²) >= 11 is 5.89. The molecule has 0 saturated heterocycles. The van der Waals surface area contributed by atoms with E-state index in [0.29, 0.717) is 23.4 Å². The van der Waals surface area contributed by atoms with Gasteiger partial charge in [0.25, 0.3) is 5.91 Å². The molecule has 0 radical (unpaired) electrons. The Hall–Kier alpha value is -2.86. The van der Waals surface area contributed by atoms with Crippen LogP contribution in [-0.4, -0.2) is 31.6 Å². The second-order valence-electron chi connectivity index (χ2n) is 6.63. The largest absolute Gasteiger partial charge is 0.465 e. The lowest BCUT2D eigenvalue weighted by molar-refractivity contribution is -0.151. The molecule has 1 aliphatic rings. The number of esters is 2. The first kappa shape index (κ1) is 19.9. The van der Waals surface area contributed by atoms with Crippen molar-refractivity contribution in [1.82, 2.24) is 5.32 Å². The first-order valence-corrected chi connectivity index (χ1v) is 9.19. The fourth-order valence-electron chi connectivity index (χ4n) is 2.90. The van der Waals surface area contributed by atoms with Crippen LogP contribution in [0.1, 0.15) is 34.3 Å². The van der Waals surface area contributed by atoms with Crippen molar-refractivity contribution in [3.8, 4) is 0 Å². The highest BCUT2D eigenvalue weighted by molar-refractivity contribution is 6.30. The van der Waals surface area contributed by atoms with Crippen molar-refractivity contribution in [2.45, 2.75) is 24.8 Å². The molecule has 0 bridgehead atoms. The van der Waals surface area contributed by atoms with Crippen LogP contribution in [0.2, 0.25) is 5.02 Å². The minimum absolute atomic E-state index is 0.264. The molecule has 1 N–H and O–H groups in total. The normalized spacial score (nSPS) is 14.1. The maximum Gasteiger partial charge on any atom is 0.337 e. The van der Waals surface area contributed by atoms with Crippen molar-refractivity contribution >= 4 is 29.4 Å². The molecular formula is C21H20ClNO5. The summed E-state index contributed by atoms with van der Waals surface area (Å²) in [4.78, 5) is 35.8. The second kappa shape index (κ2) is 8.44. The second-order valence-corrected chi connectivity index (χ2v) is 7.07. The Labute approximate surface area is 167 Å². The molecule has 1 amide bonds. The topological polar surface area (TPSA) is 81.7 Å². The number of hydrogen-bond acceptors (Lipinski definition) is 5. The van der Waals surface area contributed by atoms with E-state index in [0.717, 1.165) is 11.1 Å². The standard InChI is InChI=1S/C21H20ClNO5/c1-27-19(25)15-4-2-14(3-5-15)12-23-18(24)13-28-20(26)21(10-11-21)16-6-8-17(22)9-7-16/h2-9H,10-13H2,1H3,(H,23,24). The van der Waals surface area contributed by atoms with E-state index < -0.39 is 23.3 Å². The Morgan fingerprint density at radius 1 is 1.04 bits per heavy atom. The third-order valence-corrected chi connectivity index (χ3v) is 4.99. The minimum Gasteiger partial charge on any atom is -0.465 e. The molecule has 0 aliphatic heterocycles. The average molecular weight is 402 g/mol. The van der Waals surface area contributed by atoms with Gasteiger partial charge in [0, 0.05) is 11.6 Å². The van der Waals surface area contributed by atoms with Crippen LogP contribution in [0.3, 0.4) is 0 Å². The number of amides is 1. The summed E-state index contributed by atoms with van der Waals surface area (Å²) < 4.78 is 9.86. The third kappa shape index (κ3) is 4.51. The number of methoxy groups -OCH3 is 1. The van der Waals surface area contributed by atoms with E-state index >= 15 is 0 Å². The molecule has 0 spiro atoms. The quantitative estimate of drug-likeness (QED) is 0.721. The molecule has 3 rings (SSSR count). The molecule has 0 aromatic heterocycles. The summed E-state index contributed by atoms with van der Waals surface area (Å²) in [7, 11) is 1.32. The molecule has 7 heteroatoms. The molecule has 0 unspecified atom stereocenters. The highest BCUT2D eigenvalue weighted by Gasteiger charge is 2.52. The minimum atomic E-state index is -0.658. The van der Waals surface area contributed by atoms with Gasteiger partial charge in [-0.2, -0.15) is 0 Å². The van der Waals surface area contributed by atoms with Crippen molar-refractivity contribution in [3.63, 3.8) is 0 Å². The summed E-state index contributed by atoms with van der Waals surface area (Å²) in [6, 6.07) is 13.8. The van der Waals surface area contributed by atoms with Crippen LogP contribution < -0.4 is 5.32 Å². The van der Waals surface area contributed by atoms with Crippen LogP contribution in [-0.2, 0) is 31.0 Å². The van der Waals surface area contributed by atoms with Crippen molar-refractivity contribution < 1.29 is 23.9 Å². The zero-order valence-corrected chi connectivity index (χ0v) is 16.1. The molecule has 1 saturated carbocycles. The van der Waals surface area contributed by atoms with Crippen LogP contribution >= 0.6 is 11.6 Å². The third-order valence-electron chi connectivity index (χ3n) is 4.74. The predicted octanol–water partition coefficient (Wildman–Crippen LogP) is 3.02. The van der Waals surface area contributed by atoms with Crippen molar-refractivity contribution in [3.05, 3.63) is 70.2 Å². The van der Waals surface area contributed by atoms with Crippen molar-refractivity contribution in [2.24, 2.45) is 0 Å². The van der Waals surface area contributed by atoms with E-state index in [2.05, 4.69) is 10.1 Å². The van der Waals surface area contributed by atoms with Crippen LogP contribution in [0.4, 0.5) is 0 Å². The van der Waals surface area contributed by atoms with E-state index in [4.69, 9.17) is 16.3 Å².